The Kier molecular flexibility index (Phi) is 5.76. The molecular formula is C19H21N3O5S. The molecule has 0 aliphatic carbocycles. The molecule has 1 heterocycles. The van der Waals surface area contributed by atoms with Gasteiger partial charge in [-0.2, -0.15) is 4.31 Å². The maximum absolute atomic E-state index is 12.8. The summed E-state index contributed by atoms with van der Waals surface area (Å²) in [4.78, 5) is 22.7. The number of nitrogens with zero attached hydrogens (tertiary/aromatic N) is 2. The summed E-state index contributed by atoms with van der Waals surface area (Å²) in [6, 6.07) is 11.2. The lowest BCUT2D eigenvalue weighted by Crippen LogP contribution is -2.41. The predicted molar refractivity (Wildman–Crippen MR) is 105 cm³/mol. The number of piperidine rings is 1. The fourth-order valence-corrected chi connectivity index (χ4v) is 4.91. The third-order valence-corrected chi connectivity index (χ3v) is 6.83. The zero-order valence-corrected chi connectivity index (χ0v) is 16.2. The van der Waals surface area contributed by atoms with Crippen LogP contribution in [0.25, 0.3) is 0 Å². The van der Waals surface area contributed by atoms with E-state index in [0.29, 0.717) is 17.8 Å². The first-order valence-corrected chi connectivity index (χ1v) is 10.4. The summed E-state index contributed by atoms with van der Waals surface area (Å²) in [5, 5.41) is 13.3. The van der Waals surface area contributed by atoms with Gasteiger partial charge in [0.2, 0.25) is 10.0 Å². The summed E-state index contributed by atoms with van der Waals surface area (Å²) < 4.78 is 27.2. The van der Waals surface area contributed by atoms with Crippen molar-refractivity contribution in [1.82, 2.24) is 4.31 Å². The van der Waals surface area contributed by atoms with E-state index in [4.69, 9.17) is 0 Å². The maximum atomic E-state index is 12.8. The van der Waals surface area contributed by atoms with Gasteiger partial charge < -0.3 is 5.32 Å². The fraction of sp³-hybridized carbons (Fsp3) is 0.316. The van der Waals surface area contributed by atoms with Crippen LogP contribution in [-0.2, 0) is 10.0 Å². The summed E-state index contributed by atoms with van der Waals surface area (Å²) in [6.07, 6.45) is 2.71. The molecule has 8 nitrogen and oxygen atoms in total. The van der Waals surface area contributed by atoms with Crippen molar-refractivity contribution in [3.63, 3.8) is 0 Å². The second-order valence-electron chi connectivity index (χ2n) is 6.74. The third-order valence-electron chi connectivity index (χ3n) is 4.80. The first-order chi connectivity index (χ1) is 13.3. The Morgan fingerprint density at radius 3 is 2.32 bits per heavy atom. The Balaban J connectivity index is 1.72. The van der Waals surface area contributed by atoms with Gasteiger partial charge in [-0.3, -0.25) is 14.9 Å². The number of nitro groups is 1. The number of nitro benzene ring substituents is 1. The molecule has 9 heteroatoms. The molecule has 1 aliphatic heterocycles. The van der Waals surface area contributed by atoms with Crippen LogP contribution >= 0.6 is 0 Å². The van der Waals surface area contributed by atoms with E-state index in [2.05, 4.69) is 5.32 Å². The molecule has 0 saturated carbocycles. The SMILES string of the molecule is C[C@@H]1CCCCN1S(=O)(=O)c1ccc(C(=O)Nc2ccc([N+](=O)[O-])cc2)cc1. The second-order valence-corrected chi connectivity index (χ2v) is 8.63. The number of sulfonamides is 1. The maximum Gasteiger partial charge on any atom is 0.269 e. The minimum absolute atomic E-state index is 0.0381. The monoisotopic (exact) mass is 403 g/mol. The average molecular weight is 403 g/mol. The largest absolute Gasteiger partial charge is 0.322 e. The van der Waals surface area contributed by atoms with Gasteiger partial charge in [-0.15, -0.1) is 0 Å². The van der Waals surface area contributed by atoms with Crippen molar-refractivity contribution < 1.29 is 18.1 Å². The minimum Gasteiger partial charge on any atom is -0.322 e. The Hall–Kier alpha value is -2.78. The molecular weight excluding hydrogens is 382 g/mol. The average Bonchev–Trinajstić information content (AvgIpc) is 2.68. The Morgan fingerprint density at radius 1 is 1.11 bits per heavy atom. The Bertz CT molecular complexity index is 972. The van der Waals surface area contributed by atoms with Crippen molar-refractivity contribution in [2.24, 2.45) is 0 Å². The molecule has 1 aliphatic rings. The van der Waals surface area contributed by atoms with E-state index >= 15 is 0 Å². The fourth-order valence-electron chi connectivity index (χ4n) is 3.21. The summed E-state index contributed by atoms with van der Waals surface area (Å²) in [7, 11) is -3.59. The van der Waals surface area contributed by atoms with Gasteiger partial charge in [-0.05, 0) is 56.2 Å². The molecule has 148 valence electrons. The number of amides is 1. The third kappa shape index (κ3) is 4.20. The highest BCUT2D eigenvalue weighted by Crippen LogP contribution is 2.25. The van der Waals surface area contributed by atoms with Gasteiger partial charge in [0.1, 0.15) is 0 Å². The molecule has 0 bridgehead atoms. The molecule has 1 fully saturated rings. The Morgan fingerprint density at radius 2 is 1.75 bits per heavy atom. The number of hydrogen-bond donors (Lipinski definition) is 1. The molecule has 1 atom stereocenters. The number of hydrogen-bond acceptors (Lipinski definition) is 5. The number of anilines is 1. The molecule has 2 aromatic rings. The van der Waals surface area contributed by atoms with Crippen LogP contribution in [0.15, 0.2) is 53.4 Å². The molecule has 1 saturated heterocycles. The molecule has 1 amide bonds. The standard InChI is InChI=1S/C19H21N3O5S/c1-14-4-2-3-13-21(14)28(26,27)18-11-5-15(6-12-18)19(23)20-16-7-9-17(10-8-16)22(24)25/h5-12,14H,2-4,13H2,1H3,(H,20,23)/t14-/m1/s1. The van der Waals surface area contributed by atoms with E-state index in [1.165, 1.54) is 52.8 Å². The van der Waals surface area contributed by atoms with Crippen LogP contribution in [0.4, 0.5) is 11.4 Å². The van der Waals surface area contributed by atoms with Gasteiger partial charge in [0, 0.05) is 36.0 Å². The lowest BCUT2D eigenvalue weighted by atomic mass is 10.1. The topological polar surface area (TPSA) is 110 Å². The first kappa shape index (κ1) is 20.0. The summed E-state index contributed by atoms with van der Waals surface area (Å²) >= 11 is 0. The molecule has 0 spiro atoms. The highest BCUT2D eigenvalue weighted by atomic mass is 32.2. The highest BCUT2D eigenvalue weighted by Gasteiger charge is 2.30. The van der Waals surface area contributed by atoms with Crippen molar-refractivity contribution in [3.05, 3.63) is 64.2 Å². The van der Waals surface area contributed by atoms with Gasteiger partial charge in [0.15, 0.2) is 0 Å². The zero-order chi connectivity index (χ0) is 20.3. The van der Waals surface area contributed by atoms with E-state index in [-0.39, 0.29) is 16.6 Å². The number of rotatable bonds is 5. The predicted octanol–water partition coefficient (Wildman–Crippen LogP) is 3.41. The molecule has 2 aromatic carbocycles. The summed E-state index contributed by atoms with van der Waals surface area (Å²) in [5.41, 5.74) is 0.637. The van der Waals surface area contributed by atoms with Crippen LogP contribution < -0.4 is 5.32 Å². The molecule has 0 radical (unpaired) electrons. The van der Waals surface area contributed by atoms with Crippen molar-refractivity contribution >= 4 is 27.3 Å². The number of nitrogens with one attached hydrogen (secondary N) is 1. The van der Waals surface area contributed by atoms with Gasteiger partial charge >= 0.3 is 0 Å². The quantitative estimate of drug-likeness (QED) is 0.608. The van der Waals surface area contributed by atoms with E-state index in [1.807, 2.05) is 6.92 Å². The molecule has 0 aromatic heterocycles. The zero-order valence-electron chi connectivity index (χ0n) is 15.4. The first-order valence-electron chi connectivity index (χ1n) is 8.97. The lowest BCUT2D eigenvalue weighted by Gasteiger charge is -2.32. The van der Waals surface area contributed by atoms with Crippen LogP contribution in [-0.4, -0.2) is 36.1 Å². The summed E-state index contributed by atoms with van der Waals surface area (Å²) in [5.74, 6) is -0.427. The van der Waals surface area contributed by atoms with Gasteiger partial charge in [-0.25, -0.2) is 8.42 Å². The van der Waals surface area contributed by atoms with Crippen LogP contribution in [0.1, 0.15) is 36.5 Å². The van der Waals surface area contributed by atoms with Gasteiger partial charge in [0.25, 0.3) is 11.6 Å². The van der Waals surface area contributed by atoms with E-state index in [9.17, 15) is 23.3 Å². The molecule has 28 heavy (non-hydrogen) atoms. The lowest BCUT2D eigenvalue weighted by molar-refractivity contribution is -0.384. The van der Waals surface area contributed by atoms with Crippen LogP contribution in [0.2, 0.25) is 0 Å². The van der Waals surface area contributed by atoms with Crippen molar-refractivity contribution in [3.8, 4) is 0 Å². The van der Waals surface area contributed by atoms with Crippen molar-refractivity contribution in [2.75, 3.05) is 11.9 Å². The van der Waals surface area contributed by atoms with Crippen molar-refractivity contribution in [1.29, 1.82) is 0 Å². The number of non-ortho nitro benzene ring substituents is 1. The smallest absolute Gasteiger partial charge is 0.269 e. The number of carbonyl (C=O) groups excluding carboxylic acids is 1. The normalized spacial score (nSPS) is 17.8. The van der Waals surface area contributed by atoms with E-state index in [1.54, 1.807) is 0 Å². The number of carbonyl (C=O) groups is 1. The minimum atomic E-state index is -3.59. The Labute approximate surface area is 163 Å². The van der Waals surface area contributed by atoms with E-state index in [0.717, 1.165) is 19.3 Å². The number of benzene rings is 2. The molecule has 1 N–H and O–H groups in total. The van der Waals surface area contributed by atoms with Crippen LogP contribution in [0.3, 0.4) is 0 Å². The molecule has 0 unspecified atom stereocenters. The van der Waals surface area contributed by atoms with Crippen LogP contribution in [0.5, 0.6) is 0 Å². The van der Waals surface area contributed by atoms with Crippen LogP contribution in [0, 0.1) is 10.1 Å². The molecule has 3 rings (SSSR count). The summed E-state index contributed by atoms with van der Waals surface area (Å²) in [6.45, 7) is 2.41. The van der Waals surface area contributed by atoms with Crippen molar-refractivity contribution in [2.45, 2.75) is 37.1 Å². The van der Waals surface area contributed by atoms with Gasteiger partial charge in [-0.1, -0.05) is 6.42 Å². The second kappa shape index (κ2) is 8.07. The highest BCUT2D eigenvalue weighted by molar-refractivity contribution is 7.89. The van der Waals surface area contributed by atoms with E-state index < -0.39 is 20.9 Å². The van der Waals surface area contributed by atoms with Gasteiger partial charge in [0.05, 0.1) is 9.82 Å².